The minimum absolute atomic E-state index is 0.116. The molecular formula is C20H21N5O. The van der Waals surface area contributed by atoms with Gasteiger partial charge >= 0.3 is 0 Å². The van der Waals surface area contributed by atoms with E-state index in [0.29, 0.717) is 12.1 Å². The van der Waals surface area contributed by atoms with Crippen LogP contribution in [0.4, 0.5) is 5.82 Å². The van der Waals surface area contributed by atoms with Gasteiger partial charge in [0.15, 0.2) is 0 Å². The minimum atomic E-state index is -0.116. The molecule has 0 aliphatic carbocycles. The fourth-order valence-corrected chi connectivity index (χ4v) is 3.32. The van der Waals surface area contributed by atoms with Gasteiger partial charge in [-0.05, 0) is 42.3 Å². The van der Waals surface area contributed by atoms with Gasteiger partial charge in [-0.15, -0.1) is 0 Å². The van der Waals surface area contributed by atoms with Crippen molar-refractivity contribution in [3.05, 3.63) is 77.0 Å². The smallest absolute Gasteiger partial charge is 0.253 e. The zero-order valence-corrected chi connectivity index (χ0v) is 14.7. The number of anilines is 1. The Labute approximate surface area is 152 Å². The Bertz CT molecular complexity index is 920. The number of nitrogens with zero attached hydrogens (tertiary/aromatic N) is 3. The molecule has 0 unspecified atom stereocenters. The standard InChI is InChI=1S/C20H21N5O/c1-14-10-16(20(26)24-12-17-5-3-7-21-17)11-23-19(14)25-9-6-18-15(13-25)4-2-8-22-18/h2-5,7-8,10-11,21H,6,9,12-13H2,1H3,(H,24,26). The van der Waals surface area contributed by atoms with Gasteiger partial charge in [0.2, 0.25) is 0 Å². The molecule has 26 heavy (non-hydrogen) atoms. The third-order valence-electron chi connectivity index (χ3n) is 4.68. The van der Waals surface area contributed by atoms with Crippen LogP contribution in [-0.2, 0) is 19.5 Å². The highest BCUT2D eigenvalue weighted by atomic mass is 16.1. The number of aromatic nitrogens is 3. The average molecular weight is 347 g/mol. The molecule has 0 saturated heterocycles. The SMILES string of the molecule is Cc1cc(C(=O)NCc2ccc[nH]2)cnc1N1CCc2ncccc2C1. The van der Waals surface area contributed by atoms with E-state index in [4.69, 9.17) is 0 Å². The van der Waals surface area contributed by atoms with Crippen LogP contribution in [0.5, 0.6) is 0 Å². The number of carbonyl (C=O) groups excluding carboxylic acids is 1. The van der Waals surface area contributed by atoms with Crippen molar-refractivity contribution in [3.8, 4) is 0 Å². The maximum Gasteiger partial charge on any atom is 0.253 e. The molecular weight excluding hydrogens is 326 g/mol. The number of aromatic amines is 1. The number of fused-ring (bicyclic) bond motifs is 1. The summed E-state index contributed by atoms with van der Waals surface area (Å²) in [6.45, 7) is 4.16. The van der Waals surface area contributed by atoms with Gasteiger partial charge in [0, 0.05) is 49.5 Å². The first-order valence-corrected chi connectivity index (χ1v) is 8.75. The van der Waals surface area contributed by atoms with Crippen LogP contribution < -0.4 is 10.2 Å². The Balaban J connectivity index is 1.47. The van der Waals surface area contributed by atoms with Crippen molar-refractivity contribution in [1.29, 1.82) is 0 Å². The number of hydrogen-bond acceptors (Lipinski definition) is 4. The molecule has 3 aromatic rings. The lowest BCUT2D eigenvalue weighted by atomic mass is 10.0. The zero-order valence-electron chi connectivity index (χ0n) is 14.7. The van der Waals surface area contributed by atoms with E-state index in [0.717, 1.165) is 36.6 Å². The summed E-state index contributed by atoms with van der Waals surface area (Å²) in [7, 11) is 0. The van der Waals surface area contributed by atoms with E-state index in [1.54, 1.807) is 6.20 Å². The summed E-state index contributed by atoms with van der Waals surface area (Å²) in [5, 5.41) is 2.91. The molecule has 1 aliphatic heterocycles. The van der Waals surface area contributed by atoms with Crippen LogP contribution in [0, 0.1) is 6.92 Å². The van der Waals surface area contributed by atoms with Crippen LogP contribution in [0.1, 0.15) is 32.9 Å². The second-order valence-corrected chi connectivity index (χ2v) is 6.52. The average Bonchev–Trinajstić information content (AvgIpc) is 3.19. The Hall–Kier alpha value is -3.15. The Morgan fingerprint density at radius 2 is 2.23 bits per heavy atom. The molecule has 132 valence electrons. The number of amides is 1. The lowest BCUT2D eigenvalue weighted by molar-refractivity contribution is 0.0950. The first-order valence-electron chi connectivity index (χ1n) is 8.75. The van der Waals surface area contributed by atoms with Crippen molar-refractivity contribution < 1.29 is 4.79 Å². The second kappa shape index (κ2) is 7.00. The highest BCUT2D eigenvalue weighted by Crippen LogP contribution is 2.24. The molecule has 4 rings (SSSR count). The monoisotopic (exact) mass is 347 g/mol. The highest BCUT2D eigenvalue weighted by Gasteiger charge is 2.20. The van der Waals surface area contributed by atoms with Crippen LogP contribution >= 0.6 is 0 Å². The van der Waals surface area contributed by atoms with Gasteiger partial charge in [-0.3, -0.25) is 9.78 Å². The van der Waals surface area contributed by atoms with Crippen molar-refractivity contribution in [1.82, 2.24) is 20.3 Å². The Morgan fingerprint density at radius 1 is 1.31 bits per heavy atom. The van der Waals surface area contributed by atoms with Crippen LogP contribution in [-0.4, -0.2) is 27.4 Å². The number of carbonyl (C=O) groups is 1. The maximum atomic E-state index is 12.4. The Kier molecular flexibility index (Phi) is 4.39. The van der Waals surface area contributed by atoms with Crippen LogP contribution in [0.2, 0.25) is 0 Å². The van der Waals surface area contributed by atoms with Crippen molar-refractivity contribution in [2.45, 2.75) is 26.4 Å². The molecule has 4 heterocycles. The Morgan fingerprint density at radius 3 is 3.04 bits per heavy atom. The minimum Gasteiger partial charge on any atom is -0.364 e. The number of aryl methyl sites for hydroxylation is 1. The summed E-state index contributed by atoms with van der Waals surface area (Å²) in [5.41, 5.74) is 4.97. The summed E-state index contributed by atoms with van der Waals surface area (Å²) in [6, 6.07) is 9.85. The van der Waals surface area contributed by atoms with Gasteiger partial charge in [0.05, 0.1) is 12.1 Å². The maximum absolute atomic E-state index is 12.4. The van der Waals surface area contributed by atoms with Gasteiger partial charge in [0.25, 0.3) is 5.91 Å². The van der Waals surface area contributed by atoms with Gasteiger partial charge in [-0.25, -0.2) is 4.98 Å². The highest BCUT2D eigenvalue weighted by molar-refractivity contribution is 5.94. The lowest BCUT2D eigenvalue weighted by Gasteiger charge is -2.30. The summed E-state index contributed by atoms with van der Waals surface area (Å²) >= 11 is 0. The molecule has 1 aliphatic rings. The zero-order chi connectivity index (χ0) is 17.9. The van der Waals surface area contributed by atoms with Gasteiger partial charge in [0.1, 0.15) is 5.82 Å². The summed E-state index contributed by atoms with van der Waals surface area (Å²) in [4.78, 5) is 26.7. The molecule has 0 atom stereocenters. The fraction of sp³-hybridized carbons (Fsp3) is 0.250. The van der Waals surface area contributed by atoms with Gasteiger partial charge in [-0.2, -0.15) is 0 Å². The summed E-state index contributed by atoms with van der Waals surface area (Å²) in [6.07, 6.45) is 6.26. The molecule has 2 N–H and O–H groups in total. The van der Waals surface area contributed by atoms with E-state index in [9.17, 15) is 4.79 Å². The molecule has 1 amide bonds. The fourth-order valence-electron chi connectivity index (χ4n) is 3.32. The molecule has 6 heteroatoms. The topological polar surface area (TPSA) is 73.9 Å². The third kappa shape index (κ3) is 3.31. The third-order valence-corrected chi connectivity index (χ3v) is 4.68. The van der Waals surface area contributed by atoms with E-state index in [2.05, 4.69) is 31.2 Å². The first-order chi connectivity index (χ1) is 12.7. The quantitative estimate of drug-likeness (QED) is 0.761. The molecule has 0 bridgehead atoms. The van der Waals surface area contributed by atoms with Gasteiger partial charge in [-0.1, -0.05) is 6.07 Å². The van der Waals surface area contributed by atoms with Crippen LogP contribution in [0.25, 0.3) is 0 Å². The van der Waals surface area contributed by atoms with Crippen molar-refractivity contribution in [2.24, 2.45) is 0 Å². The number of nitrogens with one attached hydrogen (secondary N) is 2. The van der Waals surface area contributed by atoms with E-state index in [1.807, 2.05) is 43.6 Å². The number of pyridine rings is 2. The second-order valence-electron chi connectivity index (χ2n) is 6.52. The first kappa shape index (κ1) is 16.3. The van der Waals surface area contributed by atoms with Crippen LogP contribution in [0.15, 0.2) is 48.9 Å². The van der Waals surface area contributed by atoms with Gasteiger partial charge < -0.3 is 15.2 Å². The number of rotatable bonds is 4. The normalized spacial score (nSPS) is 13.3. The molecule has 3 aromatic heterocycles. The summed E-state index contributed by atoms with van der Waals surface area (Å²) in [5.74, 6) is 0.815. The van der Waals surface area contributed by atoms with Crippen molar-refractivity contribution >= 4 is 11.7 Å². The van der Waals surface area contributed by atoms with Crippen molar-refractivity contribution in [2.75, 3.05) is 11.4 Å². The van der Waals surface area contributed by atoms with Crippen molar-refractivity contribution in [3.63, 3.8) is 0 Å². The van der Waals surface area contributed by atoms with Crippen LogP contribution in [0.3, 0.4) is 0 Å². The summed E-state index contributed by atoms with van der Waals surface area (Å²) < 4.78 is 0. The molecule has 0 radical (unpaired) electrons. The predicted molar refractivity (Wildman–Crippen MR) is 99.9 cm³/mol. The molecule has 0 saturated carbocycles. The lowest BCUT2D eigenvalue weighted by Crippen LogP contribution is -2.32. The van der Waals surface area contributed by atoms with E-state index < -0.39 is 0 Å². The number of H-pyrrole nitrogens is 1. The van der Waals surface area contributed by atoms with E-state index in [1.165, 1.54) is 11.3 Å². The molecule has 0 fully saturated rings. The molecule has 6 nitrogen and oxygen atoms in total. The van der Waals surface area contributed by atoms with E-state index >= 15 is 0 Å². The predicted octanol–water partition coefficient (Wildman–Crippen LogP) is 2.61. The van der Waals surface area contributed by atoms with E-state index in [-0.39, 0.29) is 5.91 Å². The molecule has 0 spiro atoms. The molecule has 0 aromatic carbocycles. The number of hydrogen-bond donors (Lipinski definition) is 2. The largest absolute Gasteiger partial charge is 0.364 e.